The maximum Gasteiger partial charge on any atom is 0.149 e. The fraction of sp³-hybridized carbons (Fsp3) is 0.0909. The highest BCUT2D eigenvalue weighted by Gasteiger charge is 2.12. The summed E-state index contributed by atoms with van der Waals surface area (Å²) in [6.45, 7) is 1.81. The number of rotatable bonds is 1. The van der Waals surface area contributed by atoms with E-state index in [0.29, 0.717) is 16.6 Å². The second-order valence-corrected chi connectivity index (χ2v) is 3.39. The third kappa shape index (κ3) is 1.36. The van der Waals surface area contributed by atoms with Gasteiger partial charge in [-0.15, -0.1) is 0 Å². The van der Waals surface area contributed by atoms with E-state index in [1.165, 1.54) is 12.3 Å². The number of hydrogen-bond acceptors (Lipinski definition) is 4. The van der Waals surface area contributed by atoms with Gasteiger partial charge in [0, 0.05) is 11.6 Å². The van der Waals surface area contributed by atoms with Gasteiger partial charge < -0.3 is 5.43 Å². The van der Waals surface area contributed by atoms with Crippen LogP contribution in [0.2, 0.25) is 0 Å². The first kappa shape index (κ1) is 10.3. The topological polar surface area (TPSA) is 74.7 Å². The minimum absolute atomic E-state index is 0.215. The van der Waals surface area contributed by atoms with Crippen molar-refractivity contribution in [2.24, 2.45) is 5.84 Å². The van der Waals surface area contributed by atoms with E-state index in [-0.39, 0.29) is 5.52 Å². The molecule has 0 saturated heterocycles. The van der Waals surface area contributed by atoms with Gasteiger partial charge in [0.1, 0.15) is 17.4 Å². The number of hydrogen-bond donors (Lipinski definition) is 2. The van der Waals surface area contributed by atoms with E-state index in [4.69, 9.17) is 11.1 Å². The van der Waals surface area contributed by atoms with Gasteiger partial charge in [0.05, 0.1) is 11.3 Å². The van der Waals surface area contributed by atoms with E-state index in [1.807, 2.05) is 13.0 Å². The van der Waals surface area contributed by atoms with Gasteiger partial charge >= 0.3 is 0 Å². The molecule has 0 unspecified atom stereocenters. The maximum atomic E-state index is 13.5. The first-order valence-electron chi connectivity index (χ1n) is 4.63. The fourth-order valence-electron chi connectivity index (χ4n) is 1.67. The summed E-state index contributed by atoms with van der Waals surface area (Å²) in [6, 6.07) is 4.93. The number of nitrogen functional groups attached to an aromatic ring is 1. The SMILES string of the molecule is Cc1ccc(F)c2ncc(C#N)c(NN)c12. The highest BCUT2D eigenvalue weighted by atomic mass is 19.1. The second-order valence-electron chi connectivity index (χ2n) is 3.39. The highest BCUT2D eigenvalue weighted by molar-refractivity contribution is 5.96. The van der Waals surface area contributed by atoms with Crippen molar-refractivity contribution in [3.05, 3.63) is 35.3 Å². The average Bonchev–Trinajstić information content (AvgIpc) is 2.32. The van der Waals surface area contributed by atoms with Crippen LogP contribution in [0.1, 0.15) is 11.1 Å². The summed E-state index contributed by atoms with van der Waals surface area (Å²) in [4.78, 5) is 3.93. The van der Waals surface area contributed by atoms with Crippen LogP contribution in [0.5, 0.6) is 0 Å². The van der Waals surface area contributed by atoms with Crippen LogP contribution in [0.4, 0.5) is 10.1 Å². The molecule has 1 aromatic carbocycles. The summed E-state index contributed by atoms with van der Waals surface area (Å²) in [5.41, 5.74) is 4.16. The molecule has 0 saturated carbocycles. The number of anilines is 1. The largest absolute Gasteiger partial charge is 0.322 e. The Morgan fingerprint density at radius 2 is 2.25 bits per heavy atom. The quantitative estimate of drug-likeness (QED) is 0.563. The first-order chi connectivity index (χ1) is 7.69. The summed E-state index contributed by atoms with van der Waals surface area (Å²) >= 11 is 0. The molecule has 16 heavy (non-hydrogen) atoms. The predicted octanol–water partition coefficient (Wildman–Crippen LogP) is 1.84. The number of benzene rings is 1. The monoisotopic (exact) mass is 216 g/mol. The van der Waals surface area contributed by atoms with Gasteiger partial charge in [-0.25, -0.2) is 4.39 Å². The molecular weight excluding hydrogens is 207 g/mol. The zero-order valence-corrected chi connectivity index (χ0v) is 8.58. The van der Waals surface area contributed by atoms with Gasteiger partial charge in [-0.1, -0.05) is 6.07 Å². The molecule has 0 spiro atoms. The molecule has 5 heteroatoms. The van der Waals surface area contributed by atoms with E-state index in [2.05, 4.69) is 10.4 Å². The molecule has 2 aromatic rings. The Labute approximate surface area is 91.5 Å². The van der Waals surface area contributed by atoms with Crippen molar-refractivity contribution in [1.29, 1.82) is 5.26 Å². The van der Waals surface area contributed by atoms with Gasteiger partial charge in [0.25, 0.3) is 0 Å². The lowest BCUT2D eigenvalue weighted by molar-refractivity contribution is 0.636. The number of nitrogens with zero attached hydrogens (tertiary/aromatic N) is 2. The molecule has 0 aliphatic heterocycles. The lowest BCUT2D eigenvalue weighted by atomic mass is 10.1. The van der Waals surface area contributed by atoms with Crippen molar-refractivity contribution in [2.45, 2.75) is 6.92 Å². The molecule has 0 radical (unpaired) electrons. The minimum atomic E-state index is -0.429. The molecule has 0 aliphatic carbocycles. The molecule has 0 amide bonds. The Morgan fingerprint density at radius 3 is 2.88 bits per heavy atom. The number of fused-ring (bicyclic) bond motifs is 1. The van der Waals surface area contributed by atoms with Crippen LogP contribution in [0.25, 0.3) is 10.9 Å². The smallest absolute Gasteiger partial charge is 0.149 e. The number of nitriles is 1. The van der Waals surface area contributed by atoms with Gasteiger partial charge in [0.2, 0.25) is 0 Å². The Hall–Kier alpha value is -2.19. The van der Waals surface area contributed by atoms with Crippen LogP contribution in [-0.2, 0) is 0 Å². The van der Waals surface area contributed by atoms with E-state index in [9.17, 15) is 4.39 Å². The lowest BCUT2D eigenvalue weighted by Gasteiger charge is -2.09. The first-order valence-corrected chi connectivity index (χ1v) is 4.63. The maximum absolute atomic E-state index is 13.5. The highest BCUT2D eigenvalue weighted by Crippen LogP contribution is 2.29. The Balaban J connectivity index is 2.98. The van der Waals surface area contributed by atoms with Gasteiger partial charge in [0.15, 0.2) is 0 Å². The van der Waals surface area contributed by atoms with Crippen molar-refractivity contribution >= 4 is 16.6 Å². The van der Waals surface area contributed by atoms with Crippen molar-refractivity contribution < 1.29 is 4.39 Å². The molecule has 0 bridgehead atoms. The van der Waals surface area contributed by atoms with Crippen LogP contribution in [0.15, 0.2) is 18.3 Å². The van der Waals surface area contributed by atoms with Crippen LogP contribution in [0.3, 0.4) is 0 Å². The molecule has 3 N–H and O–H groups in total. The molecule has 0 fully saturated rings. The second kappa shape index (κ2) is 3.76. The molecule has 2 rings (SSSR count). The number of halogens is 1. The third-order valence-electron chi connectivity index (χ3n) is 2.44. The van der Waals surface area contributed by atoms with Gasteiger partial charge in [-0.05, 0) is 18.6 Å². The molecule has 0 atom stereocenters. The number of aromatic nitrogens is 1. The summed E-state index contributed by atoms with van der Waals surface area (Å²) in [6.07, 6.45) is 1.31. The molecule has 4 nitrogen and oxygen atoms in total. The number of aryl methyl sites for hydroxylation is 1. The van der Waals surface area contributed by atoms with Crippen LogP contribution < -0.4 is 11.3 Å². The zero-order chi connectivity index (χ0) is 11.7. The van der Waals surface area contributed by atoms with Crippen LogP contribution in [0, 0.1) is 24.1 Å². The molecule has 1 heterocycles. The Morgan fingerprint density at radius 1 is 1.50 bits per heavy atom. The minimum Gasteiger partial charge on any atom is -0.322 e. The van der Waals surface area contributed by atoms with Crippen molar-refractivity contribution in [2.75, 3.05) is 5.43 Å². The summed E-state index contributed by atoms with van der Waals surface area (Å²) < 4.78 is 13.5. The number of pyridine rings is 1. The molecule has 1 aromatic heterocycles. The number of nitrogens with one attached hydrogen (secondary N) is 1. The van der Waals surface area contributed by atoms with E-state index >= 15 is 0 Å². The van der Waals surface area contributed by atoms with Crippen molar-refractivity contribution in [3.63, 3.8) is 0 Å². The molecular formula is C11H9FN4. The van der Waals surface area contributed by atoms with Crippen molar-refractivity contribution in [3.8, 4) is 6.07 Å². The summed E-state index contributed by atoms with van der Waals surface area (Å²) in [7, 11) is 0. The summed E-state index contributed by atoms with van der Waals surface area (Å²) in [5.74, 6) is 4.93. The van der Waals surface area contributed by atoms with Crippen LogP contribution in [-0.4, -0.2) is 4.98 Å². The van der Waals surface area contributed by atoms with Crippen molar-refractivity contribution in [1.82, 2.24) is 4.98 Å². The van der Waals surface area contributed by atoms with E-state index < -0.39 is 5.82 Å². The third-order valence-corrected chi connectivity index (χ3v) is 2.44. The number of hydrazine groups is 1. The molecule has 0 aliphatic rings. The average molecular weight is 216 g/mol. The van der Waals surface area contributed by atoms with Gasteiger partial charge in [-0.2, -0.15) is 5.26 Å². The Bertz CT molecular complexity index is 601. The standard InChI is InChI=1S/C11H9FN4/c1-6-2-3-8(12)11-9(6)10(16-14)7(4-13)5-15-11/h2-3,5H,14H2,1H3,(H,15,16). The van der Waals surface area contributed by atoms with E-state index in [1.54, 1.807) is 6.07 Å². The zero-order valence-electron chi connectivity index (χ0n) is 8.58. The Kier molecular flexibility index (Phi) is 2.43. The summed E-state index contributed by atoms with van der Waals surface area (Å²) in [5, 5.41) is 9.43. The normalized spacial score (nSPS) is 10.1. The van der Waals surface area contributed by atoms with E-state index in [0.717, 1.165) is 5.56 Å². The molecule has 80 valence electrons. The lowest BCUT2D eigenvalue weighted by Crippen LogP contribution is -2.10. The predicted molar refractivity (Wildman–Crippen MR) is 59.0 cm³/mol. The van der Waals surface area contributed by atoms with Crippen LogP contribution >= 0.6 is 0 Å². The fourth-order valence-corrected chi connectivity index (χ4v) is 1.67. The number of nitrogens with two attached hydrogens (primary N) is 1. The van der Waals surface area contributed by atoms with Gasteiger partial charge in [-0.3, -0.25) is 10.8 Å².